The molecule has 0 aliphatic heterocycles. The van der Waals surface area contributed by atoms with Gasteiger partial charge in [0.15, 0.2) is 5.82 Å². The molecule has 1 unspecified atom stereocenters. The van der Waals surface area contributed by atoms with E-state index < -0.39 is 0 Å². The Labute approximate surface area is 101 Å². The summed E-state index contributed by atoms with van der Waals surface area (Å²) in [4.78, 5) is 7.96. The molecule has 1 aliphatic rings. The zero-order valence-corrected chi connectivity index (χ0v) is 10.2. The lowest BCUT2D eigenvalue weighted by atomic mass is 10.00. The molecular weight excluding hydrogens is 224 g/mol. The van der Waals surface area contributed by atoms with Crippen LogP contribution in [0, 0.1) is 5.92 Å². The quantitative estimate of drug-likeness (QED) is 0.853. The van der Waals surface area contributed by atoms with Crippen molar-refractivity contribution in [1.82, 2.24) is 9.97 Å². The van der Waals surface area contributed by atoms with Crippen LogP contribution < -0.4 is 11.1 Å². The first-order valence-electron chi connectivity index (χ1n) is 5.71. The number of hydrogen-bond donors (Lipinski definition) is 2. The summed E-state index contributed by atoms with van der Waals surface area (Å²) < 4.78 is 0. The van der Waals surface area contributed by atoms with E-state index in [1.165, 1.54) is 32.0 Å². The van der Waals surface area contributed by atoms with Crippen molar-refractivity contribution in [2.24, 2.45) is 5.92 Å². The molecule has 0 aromatic carbocycles. The van der Waals surface area contributed by atoms with Gasteiger partial charge in [-0.05, 0) is 25.7 Å². The van der Waals surface area contributed by atoms with Gasteiger partial charge in [-0.15, -0.1) is 0 Å². The molecule has 1 saturated carbocycles. The number of nitrogens with one attached hydrogen (secondary N) is 1. The second-order valence-electron chi connectivity index (χ2n) is 4.40. The Morgan fingerprint density at radius 3 is 2.81 bits per heavy atom. The number of hydrogen-bond acceptors (Lipinski definition) is 4. The summed E-state index contributed by atoms with van der Waals surface area (Å²) in [5, 5.41) is 3.75. The normalized spacial score (nSPS) is 18.6. The molecule has 1 aliphatic carbocycles. The van der Waals surface area contributed by atoms with Crippen LogP contribution in [-0.2, 0) is 0 Å². The van der Waals surface area contributed by atoms with Gasteiger partial charge in [0, 0.05) is 6.04 Å². The highest BCUT2D eigenvalue weighted by Gasteiger charge is 2.22. The molecule has 0 spiro atoms. The molecule has 88 valence electrons. The van der Waals surface area contributed by atoms with E-state index in [4.69, 9.17) is 17.3 Å². The molecule has 16 heavy (non-hydrogen) atoms. The van der Waals surface area contributed by atoms with Crippen LogP contribution in [-0.4, -0.2) is 16.0 Å². The Morgan fingerprint density at radius 2 is 2.12 bits per heavy atom. The Morgan fingerprint density at radius 1 is 1.44 bits per heavy atom. The maximum absolute atomic E-state index is 6.03. The lowest BCUT2D eigenvalue weighted by molar-refractivity contribution is 0.481. The monoisotopic (exact) mass is 240 g/mol. The van der Waals surface area contributed by atoms with E-state index in [0.29, 0.717) is 28.6 Å². The van der Waals surface area contributed by atoms with E-state index in [1.807, 2.05) is 0 Å². The highest BCUT2D eigenvalue weighted by molar-refractivity contribution is 6.35. The topological polar surface area (TPSA) is 63.8 Å². The number of aromatic nitrogens is 2. The molecule has 1 aromatic rings. The van der Waals surface area contributed by atoms with E-state index in [-0.39, 0.29) is 0 Å². The van der Waals surface area contributed by atoms with Gasteiger partial charge in [-0.2, -0.15) is 0 Å². The smallest absolute Gasteiger partial charge is 0.150 e. The lowest BCUT2D eigenvalue weighted by Gasteiger charge is -2.21. The number of nitrogens with zero attached hydrogens (tertiary/aromatic N) is 2. The van der Waals surface area contributed by atoms with E-state index in [1.54, 1.807) is 0 Å². The van der Waals surface area contributed by atoms with Gasteiger partial charge in [0.25, 0.3) is 0 Å². The molecule has 1 atom stereocenters. The van der Waals surface area contributed by atoms with E-state index in [0.717, 1.165) is 0 Å². The third kappa shape index (κ3) is 2.38. The Hall–Kier alpha value is -1.03. The SMILES string of the molecule is CC(Nc1ncnc(N)c1Cl)C1CCCC1. The largest absolute Gasteiger partial charge is 0.382 e. The highest BCUT2D eigenvalue weighted by Crippen LogP contribution is 2.31. The van der Waals surface area contributed by atoms with Crippen molar-refractivity contribution in [2.45, 2.75) is 38.6 Å². The van der Waals surface area contributed by atoms with Gasteiger partial charge < -0.3 is 11.1 Å². The van der Waals surface area contributed by atoms with E-state index in [2.05, 4.69) is 22.2 Å². The Bertz CT molecular complexity index is 363. The lowest BCUT2D eigenvalue weighted by Crippen LogP contribution is -2.24. The molecule has 3 N–H and O–H groups in total. The summed E-state index contributed by atoms with van der Waals surface area (Å²) in [5.74, 6) is 1.69. The second kappa shape index (κ2) is 4.87. The fourth-order valence-electron chi connectivity index (χ4n) is 2.27. The maximum atomic E-state index is 6.03. The van der Waals surface area contributed by atoms with Crippen LogP contribution in [0.4, 0.5) is 11.6 Å². The van der Waals surface area contributed by atoms with Crippen molar-refractivity contribution < 1.29 is 0 Å². The summed E-state index contributed by atoms with van der Waals surface area (Å²) in [5.41, 5.74) is 5.63. The van der Waals surface area contributed by atoms with Gasteiger partial charge >= 0.3 is 0 Å². The fraction of sp³-hybridized carbons (Fsp3) is 0.636. The van der Waals surface area contributed by atoms with Crippen LogP contribution in [0.5, 0.6) is 0 Å². The molecule has 0 amide bonds. The molecule has 5 heteroatoms. The highest BCUT2D eigenvalue weighted by atomic mass is 35.5. The average Bonchev–Trinajstić information content (AvgIpc) is 2.78. The van der Waals surface area contributed by atoms with Crippen molar-refractivity contribution in [1.29, 1.82) is 0 Å². The zero-order chi connectivity index (χ0) is 11.5. The second-order valence-corrected chi connectivity index (χ2v) is 4.78. The third-order valence-electron chi connectivity index (χ3n) is 3.29. The van der Waals surface area contributed by atoms with Crippen molar-refractivity contribution >= 4 is 23.2 Å². The van der Waals surface area contributed by atoms with Gasteiger partial charge in [-0.3, -0.25) is 0 Å². The van der Waals surface area contributed by atoms with Gasteiger partial charge in [-0.25, -0.2) is 9.97 Å². The van der Waals surface area contributed by atoms with Crippen LogP contribution in [0.1, 0.15) is 32.6 Å². The molecule has 1 heterocycles. The van der Waals surface area contributed by atoms with Crippen molar-refractivity contribution in [2.75, 3.05) is 11.1 Å². The zero-order valence-electron chi connectivity index (χ0n) is 9.41. The predicted molar refractivity (Wildman–Crippen MR) is 66.5 cm³/mol. The van der Waals surface area contributed by atoms with E-state index >= 15 is 0 Å². The van der Waals surface area contributed by atoms with Gasteiger partial charge in [0.05, 0.1) is 0 Å². The first-order chi connectivity index (χ1) is 7.68. The Balaban J connectivity index is 2.05. The molecule has 0 radical (unpaired) electrons. The summed E-state index contributed by atoms with van der Waals surface area (Å²) in [6.45, 7) is 2.17. The standard InChI is InChI=1S/C11H17ClN4/c1-7(8-4-2-3-5-8)16-11-9(12)10(13)14-6-15-11/h6-8H,2-5H2,1H3,(H3,13,14,15,16). The van der Waals surface area contributed by atoms with Crippen molar-refractivity contribution in [3.8, 4) is 0 Å². The summed E-state index contributed by atoms with van der Waals surface area (Å²) in [7, 11) is 0. The molecule has 1 fully saturated rings. The Kier molecular flexibility index (Phi) is 3.49. The third-order valence-corrected chi connectivity index (χ3v) is 3.66. The van der Waals surface area contributed by atoms with Gasteiger partial charge in [0.2, 0.25) is 0 Å². The molecular formula is C11H17ClN4. The van der Waals surface area contributed by atoms with Crippen LogP contribution in [0.25, 0.3) is 0 Å². The molecule has 1 aromatic heterocycles. The summed E-state index contributed by atoms with van der Waals surface area (Å²) in [6, 6.07) is 0.384. The summed E-state index contributed by atoms with van der Waals surface area (Å²) >= 11 is 6.03. The van der Waals surface area contributed by atoms with Crippen molar-refractivity contribution in [3.05, 3.63) is 11.3 Å². The van der Waals surface area contributed by atoms with Crippen LogP contribution in [0.2, 0.25) is 5.02 Å². The minimum absolute atomic E-state index is 0.331. The molecule has 4 nitrogen and oxygen atoms in total. The number of anilines is 2. The van der Waals surface area contributed by atoms with Crippen LogP contribution >= 0.6 is 11.6 Å². The van der Waals surface area contributed by atoms with Crippen molar-refractivity contribution in [3.63, 3.8) is 0 Å². The van der Waals surface area contributed by atoms with E-state index in [9.17, 15) is 0 Å². The van der Waals surface area contributed by atoms with Crippen LogP contribution in [0.3, 0.4) is 0 Å². The number of nitrogen functional groups attached to an aromatic ring is 1. The molecule has 2 rings (SSSR count). The first kappa shape index (κ1) is 11.5. The molecule has 0 bridgehead atoms. The number of halogens is 1. The first-order valence-corrected chi connectivity index (χ1v) is 6.09. The molecule has 0 saturated heterocycles. The predicted octanol–water partition coefficient (Wildman–Crippen LogP) is 2.70. The number of rotatable bonds is 3. The van der Waals surface area contributed by atoms with Gasteiger partial charge in [-0.1, -0.05) is 24.4 Å². The van der Waals surface area contributed by atoms with Gasteiger partial charge in [0.1, 0.15) is 17.2 Å². The number of nitrogens with two attached hydrogens (primary N) is 1. The van der Waals surface area contributed by atoms with Crippen LogP contribution in [0.15, 0.2) is 6.33 Å². The fourth-order valence-corrected chi connectivity index (χ4v) is 2.43. The average molecular weight is 241 g/mol. The summed E-state index contributed by atoms with van der Waals surface area (Å²) in [6.07, 6.45) is 6.66. The minimum Gasteiger partial charge on any atom is -0.382 e. The maximum Gasteiger partial charge on any atom is 0.150 e. The minimum atomic E-state index is 0.331.